The summed E-state index contributed by atoms with van der Waals surface area (Å²) in [6.45, 7) is 5.74. The summed E-state index contributed by atoms with van der Waals surface area (Å²) in [5, 5.41) is 0. The van der Waals surface area contributed by atoms with Crippen LogP contribution in [0.15, 0.2) is 29.9 Å². The van der Waals surface area contributed by atoms with Gasteiger partial charge in [0, 0.05) is 0 Å². The van der Waals surface area contributed by atoms with Crippen molar-refractivity contribution in [3.63, 3.8) is 0 Å². The summed E-state index contributed by atoms with van der Waals surface area (Å²) in [7, 11) is 0. The summed E-state index contributed by atoms with van der Waals surface area (Å²) in [6.07, 6.45) is 10.6. The van der Waals surface area contributed by atoms with Crippen LogP contribution in [0, 0.1) is 5.92 Å². The zero-order valence-corrected chi connectivity index (χ0v) is 19.2. The molecule has 1 aromatic heterocycles. The summed E-state index contributed by atoms with van der Waals surface area (Å²) in [6, 6.07) is 6.54. The number of hydrogen-bond donors (Lipinski definition) is 0. The molecule has 3 heterocycles. The van der Waals surface area contributed by atoms with Gasteiger partial charge in [0.25, 0.3) is 0 Å². The number of aromatic nitrogens is 1. The third kappa shape index (κ3) is 3.79. The Morgan fingerprint density at radius 2 is 1.75 bits per heavy atom. The van der Waals surface area contributed by atoms with E-state index in [-0.39, 0.29) is 0 Å². The first-order valence-electron chi connectivity index (χ1n) is 10.1. The number of hydrogen-bond acceptors (Lipinski definition) is 1. The van der Waals surface area contributed by atoms with Crippen LogP contribution in [0.1, 0.15) is 58.1 Å². The predicted molar refractivity (Wildman–Crippen MR) is 110 cm³/mol. The molecule has 2 fully saturated rings. The molecule has 0 atom stereocenters. The zero-order chi connectivity index (χ0) is 17.3. The zero-order valence-electron chi connectivity index (χ0n) is 16.3. The van der Waals surface area contributed by atoms with E-state index in [9.17, 15) is 0 Å². The van der Waals surface area contributed by atoms with Crippen molar-refractivity contribution in [3.8, 4) is 0 Å². The number of pyridine rings is 1. The van der Waals surface area contributed by atoms with Gasteiger partial charge >= 0.3 is 154 Å². The van der Waals surface area contributed by atoms with Crippen LogP contribution in [0.25, 0.3) is 3.59 Å². The average molecular weight is 430 g/mol. The molecule has 0 unspecified atom stereocenters. The molecular weight excluding hydrogens is 396 g/mol. The number of rotatable bonds is 3. The molecule has 3 heteroatoms. The molecule has 0 saturated carbocycles. The van der Waals surface area contributed by atoms with Crippen LogP contribution in [0.2, 0.25) is 26.5 Å². The van der Waals surface area contributed by atoms with E-state index in [1.165, 1.54) is 44.2 Å². The van der Waals surface area contributed by atoms with Gasteiger partial charge in [-0.1, -0.05) is 0 Å². The van der Waals surface area contributed by atoms with Gasteiger partial charge in [0.1, 0.15) is 0 Å². The van der Waals surface area contributed by atoms with Crippen LogP contribution in [0.3, 0.4) is 0 Å². The number of allylic oxidation sites excluding steroid dienone is 1. The second-order valence-electron chi connectivity index (χ2n) is 9.38. The molecule has 1 nitrogen and oxygen atoms in total. The Morgan fingerprint density at radius 1 is 1.08 bits per heavy atom. The van der Waals surface area contributed by atoms with Crippen molar-refractivity contribution in [3.05, 3.63) is 35.6 Å². The second kappa shape index (κ2) is 7.55. The van der Waals surface area contributed by atoms with Crippen molar-refractivity contribution in [2.45, 2.75) is 78.8 Å². The van der Waals surface area contributed by atoms with Gasteiger partial charge in [-0.2, -0.15) is 0 Å². The molecule has 2 bridgehead atoms. The van der Waals surface area contributed by atoms with Gasteiger partial charge < -0.3 is 0 Å². The standard InChI is InChI=1S/C18H25BN.3CH3.Sn/c1-14(2)19-16-9-5-7-15(8-6-10-16)18(19)13-17-11-3-4-12-20-17;;;;/h3-4,11-12,14-16H,5-10H2,1-2H3;3*1H3;. The van der Waals surface area contributed by atoms with Crippen LogP contribution in [-0.2, 0) is 0 Å². The van der Waals surface area contributed by atoms with Gasteiger partial charge in [0.15, 0.2) is 0 Å². The summed E-state index contributed by atoms with van der Waals surface area (Å²) in [4.78, 5) is 12.6. The van der Waals surface area contributed by atoms with Crippen molar-refractivity contribution in [2.75, 3.05) is 0 Å². The van der Waals surface area contributed by atoms with E-state index in [2.05, 4.69) is 46.9 Å². The fourth-order valence-corrected chi connectivity index (χ4v) is 11.6. The first-order valence-corrected chi connectivity index (χ1v) is 20.0. The van der Waals surface area contributed by atoms with Gasteiger partial charge in [-0.05, 0) is 0 Å². The molecule has 1 aromatic rings. The van der Waals surface area contributed by atoms with E-state index < -0.39 is 18.4 Å². The quantitative estimate of drug-likeness (QED) is 0.499. The third-order valence-corrected chi connectivity index (χ3v) is 12.1. The molecule has 2 saturated heterocycles. The molecule has 130 valence electrons. The number of nitrogens with zero attached hydrogens (tertiary/aromatic N) is 1. The first-order chi connectivity index (χ1) is 11.4. The topological polar surface area (TPSA) is 12.9 Å². The molecule has 0 spiro atoms. The first kappa shape index (κ1) is 18.5. The molecule has 2 aliphatic heterocycles. The molecule has 0 amide bonds. The molecule has 0 aromatic carbocycles. The van der Waals surface area contributed by atoms with Crippen LogP contribution >= 0.6 is 0 Å². The summed E-state index contributed by atoms with van der Waals surface area (Å²) < 4.78 is 1.77. The van der Waals surface area contributed by atoms with Crippen LogP contribution in [0.4, 0.5) is 0 Å². The Balaban J connectivity index is 2.26. The van der Waals surface area contributed by atoms with Crippen molar-refractivity contribution in [1.29, 1.82) is 0 Å². The Hall–Kier alpha value is -0.246. The van der Waals surface area contributed by atoms with Crippen LogP contribution < -0.4 is 0 Å². The van der Waals surface area contributed by atoms with Crippen molar-refractivity contribution >= 4 is 28.7 Å². The van der Waals surface area contributed by atoms with E-state index in [0.29, 0.717) is 0 Å². The minimum atomic E-state index is -2.29. The van der Waals surface area contributed by atoms with E-state index in [1.54, 1.807) is 3.59 Å². The van der Waals surface area contributed by atoms with E-state index in [0.717, 1.165) is 24.3 Å². The van der Waals surface area contributed by atoms with Gasteiger partial charge in [0.05, 0.1) is 0 Å². The third-order valence-electron chi connectivity index (χ3n) is 6.24. The fraction of sp³-hybridized carbons (Fsp3) is 0.667. The molecule has 0 N–H and O–H groups in total. The summed E-state index contributed by atoms with van der Waals surface area (Å²) >= 11 is -2.29. The SMILES string of the molecule is CC(C)B1/C(=[C](/c2ccccn2)[Sn]([CH3])([CH3])[CH3])C2CCCC1CCC2. The molecular formula is C21H34BNSn. The molecule has 2 aliphatic rings. The Labute approximate surface area is 153 Å². The maximum absolute atomic E-state index is 4.85. The van der Waals surface area contributed by atoms with E-state index >= 15 is 0 Å². The second-order valence-corrected chi connectivity index (χ2v) is 23.7. The molecule has 0 radical (unpaired) electrons. The minimum absolute atomic E-state index is 0.760. The average Bonchev–Trinajstić information content (AvgIpc) is 2.75. The van der Waals surface area contributed by atoms with Gasteiger partial charge in [0.2, 0.25) is 0 Å². The fourth-order valence-electron chi connectivity index (χ4n) is 5.49. The summed E-state index contributed by atoms with van der Waals surface area (Å²) in [5.41, 5.74) is 3.20. The van der Waals surface area contributed by atoms with Crippen LogP contribution in [0.5, 0.6) is 0 Å². The number of fused-ring (bicyclic) bond motifs is 3. The van der Waals surface area contributed by atoms with E-state index in [1.807, 2.05) is 11.7 Å². The molecule has 24 heavy (non-hydrogen) atoms. The van der Waals surface area contributed by atoms with Crippen molar-refractivity contribution < 1.29 is 0 Å². The van der Waals surface area contributed by atoms with Gasteiger partial charge in [-0.15, -0.1) is 0 Å². The molecule has 3 rings (SSSR count). The predicted octanol–water partition coefficient (Wildman–Crippen LogP) is 6.51. The monoisotopic (exact) mass is 431 g/mol. The van der Waals surface area contributed by atoms with Gasteiger partial charge in [-0.3, -0.25) is 0 Å². The summed E-state index contributed by atoms with van der Waals surface area (Å²) in [5.74, 6) is 2.51. The Bertz CT molecular complexity index is 578. The van der Waals surface area contributed by atoms with Crippen molar-refractivity contribution in [1.82, 2.24) is 4.98 Å². The van der Waals surface area contributed by atoms with Gasteiger partial charge in [-0.25, -0.2) is 0 Å². The van der Waals surface area contributed by atoms with E-state index in [4.69, 9.17) is 4.98 Å². The maximum atomic E-state index is 4.85. The molecule has 0 aliphatic carbocycles. The normalized spacial score (nSPS) is 27.2. The Kier molecular flexibility index (Phi) is 5.84. The Morgan fingerprint density at radius 3 is 2.25 bits per heavy atom. The van der Waals surface area contributed by atoms with Crippen molar-refractivity contribution in [2.24, 2.45) is 5.92 Å². The van der Waals surface area contributed by atoms with Crippen LogP contribution in [-0.4, -0.2) is 30.1 Å².